The van der Waals surface area contributed by atoms with Gasteiger partial charge in [0, 0.05) is 5.02 Å². The number of nitrogen functional groups attached to an aromatic ring is 1. The van der Waals surface area contributed by atoms with Crippen molar-refractivity contribution in [3.63, 3.8) is 0 Å². The van der Waals surface area contributed by atoms with E-state index >= 15 is 0 Å². The molecule has 0 fully saturated rings. The van der Waals surface area contributed by atoms with Crippen molar-refractivity contribution in [1.29, 1.82) is 0 Å². The predicted molar refractivity (Wildman–Crippen MR) is 55.5 cm³/mol. The van der Waals surface area contributed by atoms with E-state index in [1.165, 1.54) is 7.11 Å². The average Bonchev–Trinajstić information content (AvgIpc) is 2.17. The third-order valence-corrected chi connectivity index (χ3v) is 2.05. The predicted octanol–water partition coefficient (Wildman–Crippen LogP) is 1.87. The van der Waals surface area contributed by atoms with Crippen molar-refractivity contribution < 1.29 is 4.74 Å². The molecule has 2 N–H and O–H groups in total. The number of rotatable bonds is 1. The lowest BCUT2D eigenvalue weighted by Gasteiger charge is -2.04. The minimum absolute atomic E-state index is 0.280. The molecule has 1 aromatic heterocycles. The highest BCUT2D eigenvalue weighted by atomic mass is 35.5. The summed E-state index contributed by atoms with van der Waals surface area (Å²) in [5.41, 5.74) is 6.98. The van der Waals surface area contributed by atoms with Crippen LogP contribution in [-0.4, -0.2) is 17.1 Å². The molecule has 4 nitrogen and oxygen atoms in total. The first kappa shape index (κ1) is 9.02. The van der Waals surface area contributed by atoms with E-state index < -0.39 is 0 Å². The number of hydrogen-bond acceptors (Lipinski definition) is 4. The molecule has 1 aromatic carbocycles. The van der Waals surface area contributed by atoms with Gasteiger partial charge in [0.25, 0.3) is 5.88 Å². The van der Waals surface area contributed by atoms with Gasteiger partial charge in [-0.1, -0.05) is 11.6 Å². The van der Waals surface area contributed by atoms with Gasteiger partial charge in [-0.2, -0.15) is 0 Å². The monoisotopic (exact) mass is 209 g/mol. The molecule has 0 aliphatic carbocycles. The highest BCUT2D eigenvalue weighted by molar-refractivity contribution is 6.31. The minimum Gasteiger partial charge on any atom is -0.478 e. The molecule has 14 heavy (non-hydrogen) atoms. The fourth-order valence-electron chi connectivity index (χ4n) is 1.18. The van der Waals surface area contributed by atoms with Gasteiger partial charge in [-0.3, -0.25) is 0 Å². The molecule has 0 radical (unpaired) electrons. The van der Waals surface area contributed by atoms with Gasteiger partial charge in [-0.05, 0) is 18.2 Å². The molecule has 0 saturated heterocycles. The summed E-state index contributed by atoms with van der Waals surface area (Å²) in [5.74, 6) is 0.599. The molecule has 0 amide bonds. The summed E-state index contributed by atoms with van der Waals surface area (Å²) in [7, 11) is 1.50. The molecule has 1 heterocycles. The number of anilines is 1. The van der Waals surface area contributed by atoms with E-state index in [2.05, 4.69) is 9.97 Å². The van der Waals surface area contributed by atoms with Crippen LogP contribution in [0.15, 0.2) is 18.2 Å². The Balaban J connectivity index is 2.73. The molecule has 0 bridgehead atoms. The van der Waals surface area contributed by atoms with Crippen molar-refractivity contribution in [3.05, 3.63) is 23.2 Å². The fraction of sp³-hybridized carbons (Fsp3) is 0.111. The van der Waals surface area contributed by atoms with Crippen molar-refractivity contribution in [1.82, 2.24) is 9.97 Å². The van der Waals surface area contributed by atoms with E-state index in [0.29, 0.717) is 21.9 Å². The van der Waals surface area contributed by atoms with Crippen LogP contribution in [0.25, 0.3) is 11.0 Å². The normalized spacial score (nSPS) is 10.4. The third kappa shape index (κ3) is 1.44. The average molecular weight is 210 g/mol. The van der Waals surface area contributed by atoms with Gasteiger partial charge in [-0.15, -0.1) is 0 Å². The van der Waals surface area contributed by atoms with Crippen molar-refractivity contribution in [2.75, 3.05) is 12.8 Å². The van der Waals surface area contributed by atoms with Gasteiger partial charge in [0.15, 0.2) is 5.82 Å². The number of benzene rings is 1. The van der Waals surface area contributed by atoms with Crippen LogP contribution in [0.4, 0.5) is 5.82 Å². The number of halogens is 1. The third-order valence-electron chi connectivity index (χ3n) is 1.81. The molecule has 72 valence electrons. The Morgan fingerprint density at radius 2 is 2.07 bits per heavy atom. The second kappa shape index (κ2) is 3.31. The molecular formula is C9H8ClN3O. The number of nitrogens with zero attached hydrogens (tertiary/aromatic N) is 2. The van der Waals surface area contributed by atoms with Crippen LogP contribution in [0.5, 0.6) is 5.88 Å². The second-order valence-electron chi connectivity index (χ2n) is 2.75. The van der Waals surface area contributed by atoms with Crippen LogP contribution >= 0.6 is 11.6 Å². The fourth-order valence-corrected chi connectivity index (χ4v) is 1.34. The van der Waals surface area contributed by atoms with Crippen LogP contribution in [0.1, 0.15) is 0 Å². The smallest absolute Gasteiger partial charge is 0.257 e. The molecule has 0 saturated carbocycles. The van der Waals surface area contributed by atoms with Crippen LogP contribution in [0.3, 0.4) is 0 Å². The Morgan fingerprint density at radius 1 is 1.29 bits per heavy atom. The Kier molecular flexibility index (Phi) is 2.13. The Labute approximate surface area is 85.7 Å². The molecule has 2 aromatic rings. The van der Waals surface area contributed by atoms with Crippen LogP contribution in [0, 0.1) is 0 Å². The van der Waals surface area contributed by atoms with Crippen molar-refractivity contribution in [2.24, 2.45) is 0 Å². The lowest BCUT2D eigenvalue weighted by molar-refractivity contribution is 0.400. The molecule has 0 unspecified atom stereocenters. The van der Waals surface area contributed by atoms with Crippen molar-refractivity contribution >= 4 is 28.5 Å². The number of ether oxygens (including phenoxy) is 1. The van der Waals surface area contributed by atoms with Crippen LogP contribution < -0.4 is 10.5 Å². The SMILES string of the molecule is COc1nc2cc(Cl)ccc2nc1N. The van der Waals surface area contributed by atoms with Gasteiger partial charge < -0.3 is 10.5 Å². The largest absolute Gasteiger partial charge is 0.478 e. The van der Waals surface area contributed by atoms with E-state index in [0.717, 1.165) is 0 Å². The number of methoxy groups -OCH3 is 1. The van der Waals surface area contributed by atoms with E-state index in [1.807, 2.05) is 0 Å². The number of aromatic nitrogens is 2. The summed E-state index contributed by atoms with van der Waals surface area (Å²) in [5, 5.41) is 0.610. The Morgan fingerprint density at radius 3 is 2.79 bits per heavy atom. The summed E-state index contributed by atoms with van der Waals surface area (Å²) in [6.45, 7) is 0. The summed E-state index contributed by atoms with van der Waals surface area (Å²) >= 11 is 5.81. The first-order valence-electron chi connectivity index (χ1n) is 3.97. The first-order chi connectivity index (χ1) is 6.70. The van der Waals surface area contributed by atoms with Crippen LogP contribution in [-0.2, 0) is 0 Å². The maximum Gasteiger partial charge on any atom is 0.257 e. The molecule has 5 heteroatoms. The lowest BCUT2D eigenvalue weighted by Crippen LogP contribution is -1.99. The van der Waals surface area contributed by atoms with Gasteiger partial charge in [0.05, 0.1) is 18.1 Å². The first-order valence-corrected chi connectivity index (χ1v) is 4.35. The Bertz CT molecular complexity index is 487. The van der Waals surface area contributed by atoms with E-state index in [9.17, 15) is 0 Å². The topological polar surface area (TPSA) is 61.0 Å². The maximum absolute atomic E-state index is 5.81. The van der Waals surface area contributed by atoms with Crippen molar-refractivity contribution in [2.45, 2.75) is 0 Å². The van der Waals surface area contributed by atoms with E-state index in [4.69, 9.17) is 22.1 Å². The maximum atomic E-state index is 5.81. The van der Waals surface area contributed by atoms with E-state index in [1.54, 1.807) is 18.2 Å². The molecule has 0 aliphatic heterocycles. The van der Waals surface area contributed by atoms with Gasteiger partial charge in [-0.25, -0.2) is 9.97 Å². The second-order valence-corrected chi connectivity index (χ2v) is 3.19. The number of nitrogens with two attached hydrogens (primary N) is 1. The molecule has 0 aliphatic rings. The highest BCUT2D eigenvalue weighted by Crippen LogP contribution is 2.22. The molecule has 0 spiro atoms. The number of hydrogen-bond donors (Lipinski definition) is 1. The van der Waals surface area contributed by atoms with Gasteiger partial charge >= 0.3 is 0 Å². The van der Waals surface area contributed by atoms with Crippen molar-refractivity contribution in [3.8, 4) is 5.88 Å². The Hall–Kier alpha value is -1.55. The standard InChI is InChI=1S/C9H8ClN3O/c1-14-9-8(11)12-6-3-2-5(10)4-7(6)13-9/h2-4H,1H3,(H2,11,12). The zero-order chi connectivity index (χ0) is 10.1. The van der Waals surface area contributed by atoms with Gasteiger partial charge in [0.1, 0.15) is 0 Å². The van der Waals surface area contributed by atoms with Crippen LogP contribution in [0.2, 0.25) is 5.02 Å². The minimum atomic E-state index is 0.280. The van der Waals surface area contributed by atoms with Gasteiger partial charge in [0.2, 0.25) is 0 Å². The zero-order valence-corrected chi connectivity index (χ0v) is 8.25. The zero-order valence-electron chi connectivity index (χ0n) is 7.49. The molecule has 2 rings (SSSR count). The summed E-state index contributed by atoms with van der Waals surface area (Å²) in [6.07, 6.45) is 0. The molecular weight excluding hydrogens is 202 g/mol. The summed E-state index contributed by atoms with van der Waals surface area (Å²) in [4.78, 5) is 8.28. The lowest BCUT2D eigenvalue weighted by atomic mass is 10.3. The summed E-state index contributed by atoms with van der Waals surface area (Å²) in [6, 6.07) is 5.22. The number of fused-ring (bicyclic) bond motifs is 1. The quantitative estimate of drug-likeness (QED) is 0.779. The van der Waals surface area contributed by atoms with E-state index in [-0.39, 0.29) is 5.82 Å². The highest BCUT2D eigenvalue weighted by Gasteiger charge is 2.05. The molecule has 0 atom stereocenters. The summed E-state index contributed by atoms with van der Waals surface area (Å²) < 4.78 is 4.95.